The number of imidazole rings is 1. The number of thiazole rings is 1. The van der Waals surface area contributed by atoms with E-state index in [2.05, 4.69) is 44.1 Å². The van der Waals surface area contributed by atoms with Crippen molar-refractivity contribution >= 4 is 17.0 Å². The molecule has 6 nitrogen and oxygen atoms in total. The van der Waals surface area contributed by atoms with E-state index in [-0.39, 0.29) is 0 Å². The molecule has 0 fully saturated rings. The second kappa shape index (κ2) is 5.58. The summed E-state index contributed by atoms with van der Waals surface area (Å²) in [6.45, 7) is 4.10. The Morgan fingerprint density at radius 3 is 2.87 bits per heavy atom. The summed E-state index contributed by atoms with van der Waals surface area (Å²) in [7, 11) is 0. The van der Waals surface area contributed by atoms with Crippen LogP contribution >= 0.6 is 11.3 Å². The summed E-state index contributed by atoms with van der Waals surface area (Å²) in [6, 6.07) is 4.14. The zero-order chi connectivity index (χ0) is 15.8. The molecule has 0 amide bonds. The SMILES string of the molecule is Cc1ccc(C)n2nc(CCc3c[nH]c(-c4cscn4)n3)nc12. The minimum absolute atomic E-state index is 0.766. The van der Waals surface area contributed by atoms with Gasteiger partial charge in [0, 0.05) is 23.7 Å². The first kappa shape index (κ1) is 14.1. The van der Waals surface area contributed by atoms with E-state index in [9.17, 15) is 0 Å². The molecule has 23 heavy (non-hydrogen) atoms. The number of fused-ring (bicyclic) bond motifs is 1. The summed E-state index contributed by atoms with van der Waals surface area (Å²) < 4.78 is 1.91. The molecule has 4 aromatic heterocycles. The number of hydrogen-bond donors (Lipinski definition) is 1. The second-order valence-electron chi connectivity index (χ2n) is 5.54. The highest BCUT2D eigenvalue weighted by atomic mass is 32.1. The highest BCUT2D eigenvalue weighted by Gasteiger charge is 2.10. The summed E-state index contributed by atoms with van der Waals surface area (Å²) in [5, 5.41) is 6.59. The quantitative estimate of drug-likeness (QED) is 0.626. The summed E-state index contributed by atoms with van der Waals surface area (Å²) in [4.78, 5) is 16.7. The molecule has 0 radical (unpaired) electrons. The summed E-state index contributed by atoms with van der Waals surface area (Å²) in [6.07, 6.45) is 3.50. The average molecular weight is 324 g/mol. The lowest BCUT2D eigenvalue weighted by Gasteiger charge is -1.98. The summed E-state index contributed by atoms with van der Waals surface area (Å²) in [5.41, 5.74) is 6.86. The number of aromatic amines is 1. The molecule has 0 aliphatic heterocycles. The van der Waals surface area contributed by atoms with Gasteiger partial charge in [-0.25, -0.2) is 19.5 Å². The molecule has 0 saturated carbocycles. The van der Waals surface area contributed by atoms with Gasteiger partial charge in [0.05, 0.1) is 11.2 Å². The van der Waals surface area contributed by atoms with Crippen LogP contribution in [0, 0.1) is 13.8 Å². The smallest absolute Gasteiger partial charge is 0.158 e. The Morgan fingerprint density at radius 1 is 1.17 bits per heavy atom. The number of aryl methyl sites for hydroxylation is 4. The van der Waals surface area contributed by atoms with Crippen molar-refractivity contribution < 1.29 is 0 Å². The van der Waals surface area contributed by atoms with Crippen LogP contribution in [0.25, 0.3) is 17.2 Å². The number of hydrogen-bond acceptors (Lipinski definition) is 5. The number of rotatable bonds is 4. The van der Waals surface area contributed by atoms with E-state index in [1.165, 1.54) is 0 Å². The topological polar surface area (TPSA) is 71.8 Å². The average Bonchev–Trinajstić information content (AvgIpc) is 3.28. The fraction of sp³-hybridized carbons (Fsp3) is 0.250. The van der Waals surface area contributed by atoms with E-state index in [0.29, 0.717) is 0 Å². The Bertz CT molecular complexity index is 911. The van der Waals surface area contributed by atoms with Crippen molar-refractivity contribution in [2.45, 2.75) is 26.7 Å². The van der Waals surface area contributed by atoms with Crippen molar-refractivity contribution in [2.75, 3.05) is 0 Å². The molecule has 0 aliphatic carbocycles. The fourth-order valence-electron chi connectivity index (χ4n) is 2.54. The van der Waals surface area contributed by atoms with Crippen LogP contribution in [-0.2, 0) is 12.8 Å². The molecule has 1 N–H and O–H groups in total. The van der Waals surface area contributed by atoms with Gasteiger partial charge in [0.15, 0.2) is 17.3 Å². The lowest BCUT2D eigenvalue weighted by Crippen LogP contribution is -1.96. The standard InChI is InChI=1S/C16H16N6S/c1-10-3-4-11(2)22-16(10)20-14(21-22)6-5-12-7-17-15(19-12)13-8-23-9-18-13/h3-4,7-9H,5-6H2,1-2H3,(H,17,19). The first-order valence-corrected chi connectivity index (χ1v) is 8.40. The van der Waals surface area contributed by atoms with Crippen molar-refractivity contribution in [3.8, 4) is 11.5 Å². The molecule has 0 aromatic carbocycles. The second-order valence-corrected chi connectivity index (χ2v) is 6.25. The van der Waals surface area contributed by atoms with Gasteiger partial charge in [-0.15, -0.1) is 11.3 Å². The van der Waals surface area contributed by atoms with Gasteiger partial charge in [0.1, 0.15) is 5.69 Å². The highest BCUT2D eigenvalue weighted by Crippen LogP contribution is 2.16. The van der Waals surface area contributed by atoms with Gasteiger partial charge >= 0.3 is 0 Å². The largest absolute Gasteiger partial charge is 0.343 e. The van der Waals surface area contributed by atoms with Gasteiger partial charge in [0.25, 0.3) is 0 Å². The van der Waals surface area contributed by atoms with E-state index >= 15 is 0 Å². The molecule has 0 aliphatic rings. The van der Waals surface area contributed by atoms with Crippen LogP contribution in [0.3, 0.4) is 0 Å². The summed E-state index contributed by atoms with van der Waals surface area (Å²) in [5.74, 6) is 1.66. The van der Waals surface area contributed by atoms with Crippen LogP contribution in [0.4, 0.5) is 0 Å². The Balaban J connectivity index is 1.53. The van der Waals surface area contributed by atoms with Gasteiger partial charge in [0.2, 0.25) is 0 Å². The molecular formula is C16H16N6S. The molecule has 4 aromatic rings. The molecule has 116 valence electrons. The maximum absolute atomic E-state index is 4.65. The van der Waals surface area contributed by atoms with E-state index in [1.54, 1.807) is 11.3 Å². The molecule has 0 atom stereocenters. The fourth-order valence-corrected chi connectivity index (χ4v) is 3.08. The van der Waals surface area contributed by atoms with Crippen LogP contribution in [0.5, 0.6) is 0 Å². The van der Waals surface area contributed by atoms with Crippen LogP contribution < -0.4 is 0 Å². The van der Waals surface area contributed by atoms with Gasteiger partial charge in [-0.3, -0.25) is 0 Å². The van der Waals surface area contributed by atoms with Crippen molar-refractivity contribution in [3.05, 3.63) is 52.0 Å². The number of nitrogens with zero attached hydrogens (tertiary/aromatic N) is 5. The Labute approximate surface area is 137 Å². The van der Waals surface area contributed by atoms with Gasteiger partial charge < -0.3 is 4.98 Å². The predicted molar refractivity (Wildman–Crippen MR) is 89.6 cm³/mol. The van der Waals surface area contributed by atoms with Crippen LogP contribution in [0.15, 0.2) is 29.2 Å². The molecular weight excluding hydrogens is 308 g/mol. The highest BCUT2D eigenvalue weighted by molar-refractivity contribution is 7.07. The van der Waals surface area contributed by atoms with Crippen LogP contribution in [-0.4, -0.2) is 29.5 Å². The zero-order valence-electron chi connectivity index (χ0n) is 12.9. The van der Waals surface area contributed by atoms with E-state index in [0.717, 1.165) is 52.8 Å². The van der Waals surface area contributed by atoms with Gasteiger partial charge in [-0.2, -0.15) is 5.10 Å². The van der Waals surface area contributed by atoms with Crippen molar-refractivity contribution in [2.24, 2.45) is 0 Å². The molecule has 0 saturated heterocycles. The minimum atomic E-state index is 0.766. The third-order valence-electron chi connectivity index (χ3n) is 3.82. The van der Waals surface area contributed by atoms with Gasteiger partial charge in [-0.05, 0) is 31.9 Å². The number of pyridine rings is 1. The van der Waals surface area contributed by atoms with Crippen molar-refractivity contribution in [1.29, 1.82) is 0 Å². The number of nitrogens with one attached hydrogen (secondary N) is 1. The first-order valence-electron chi connectivity index (χ1n) is 7.45. The molecule has 0 bridgehead atoms. The maximum Gasteiger partial charge on any atom is 0.158 e. The van der Waals surface area contributed by atoms with E-state index in [4.69, 9.17) is 0 Å². The lowest BCUT2D eigenvalue weighted by molar-refractivity contribution is 0.813. The van der Waals surface area contributed by atoms with Gasteiger partial charge in [-0.1, -0.05) is 6.07 Å². The van der Waals surface area contributed by atoms with E-state index < -0.39 is 0 Å². The monoisotopic (exact) mass is 324 g/mol. The van der Waals surface area contributed by atoms with E-state index in [1.807, 2.05) is 28.5 Å². The Morgan fingerprint density at radius 2 is 2.09 bits per heavy atom. The molecule has 0 unspecified atom stereocenters. The molecule has 4 heterocycles. The molecule has 4 rings (SSSR count). The molecule has 0 spiro atoms. The Kier molecular flexibility index (Phi) is 3.42. The van der Waals surface area contributed by atoms with Crippen LogP contribution in [0.1, 0.15) is 22.8 Å². The number of H-pyrrole nitrogens is 1. The third kappa shape index (κ3) is 2.63. The predicted octanol–water partition coefficient (Wildman–Crippen LogP) is 2.98. The van der Waals surface area contributed by atoms with Crippen LogP contribution in [0.2, 0.25) is 0 Å². The third-order valence-corrected chi connectivity index (χ3v) is 4.41. The normalized spacial score (nSPS) is 11.4. The number of aromatic nitrogens is 6. The maximum atomic E-state index is 4.65. The zero-order valence-corrected chi connectivity index (χ0v) is 13.8. The molecule has 7 heteroatoms. The minimum Gasteiger partial charge on any atom is -0.343 e. The first-order chi connectivity index (χ1) is 11.2. The summed E-state index contributed by atoms with van der Waals surface area (Å²) >= 11 is 1.57. The van der Waals surface area contributed by atoms with Crippen molar-refractivity contribution in [1.82, 2.24) is 29.5 Å². The Hall–Kier alpha value is -2.54. The lowest BCUT2D eigenvalue weighted by atomic mass is 10.2. The van der Waals surface area contributed by atoms with Crippen molar-refractivity contribution in [3.63, 3.8) is 0 Å².